The monoisotopic (exact) mass is 342 g/mol. The fraction of sp³-hybridized carbons (Fsp3) is 0.176. The molecule has 0 atom stereocenters. The van der Waals surface area contributed by atoms with Crippen LogP contribution < -0.4 is 15.8 Å². The third-order valence-corrected chi connectivity index (χ3v) is 4.45. The number of aromatic nitrogens is 2. The van der Waals surface area contributed by atoms with Gasteiger partial charge < -0.3 is 15.8 Å². The first-order chi connectivity index (χ1) is 11.5. The smallest absolute Gasteiger partial charge is 0.257 e. The molecule has 3 rings (SSSR count). The van der Waals surface area contributed by atoms with Crippen LogP contribution in [0.15, 0.2) is 35.0 Å². The quantitative estimate of drug-likeness (QED) is 0.661. The van der Waals surface area contributed by atoms with Crippen molar-refractivity contribution in [2.24, 2.45) is 0 Å². The van der Waals surface area contributed by atoms with E-state index in [0.29, 0.717) is 23.7 Å². The van der Waals surface area contributed by atoms with Crippen LogP contribution in [-0.2, 0) is 6.61 Å². The number of benzene rings is 1. The summed E-state index contributed by atoms with van der Waals surface area (Å²) in [7, 11) is 0. The molecular weight excluding hydrogens is 324 g/mol. The fourth-order valence-electron chi connectivity index (χ4n) is 2.29. The van der Waals surface area contributed by atoms with Crippen molar-refractivity contribution in [2.45, 2.75) is 20.5 Å². The molecule has 0 aliphatic rings. The maximum atomic E-state index is 12.4. The van der Waals surface area contributed by atoms with Crippen molar-refractivity contribution >= 4 is 28.7 Å². The van der Waals surface area contributed by atoms with Crippen molar-refractivity contribution in [3.05, 3.63) is 57.4 Å². The number of ether oxygens (including phenoxy) is 1. The minimum Gasteiger partial charge on any atom is -0.488 e. The number of carbonyl (C=O) groups excluding carboxylic acids is 1. The van der Waals surface area contributed by atoms with E-state index in [9.17, 15) is 4.79 Å². The Hall–Kier alpha value is -2.80. The number of thiophene rings is 1. The predicted molar refractivity (Wildman–Crippen MR) is 95.5 cm³/mol. The van der Waals surface area contributed by atoms with Crippen molar-refractivity contribution < 1.29 is 9.53 Å². The Labute approximate surface area is 143 Å². The summed E-state index contributed by atoms with van der Waals surface area (Å²) in [5.74, 6) is 0.931. The van der Waals surface area contributed by atoms with Crippen LogP contribution in [0, 0.1) is 13.8 Å². The highest BCUT2D eigenvalue weighted by molar-refractivity contribution is 7.08. The number of nitrogens with one attached hydrogen (secondary N) is 2. The molecule has 0 saturated heterocycles. The molecule has 0 aliphatic carbocycles. The maximum absolute atomic E-state index is 12.4. The zero-order valence-corrected chi connectivity index (χ0v) is 14.2. The molecule has 124 valence electrons. The number of aromatic amines is 1. The van der Waals surface area contributed by atoms with E-state index in [0.717, 1.165) is 22.5 Å². The van der Waals surface area contributed by atoms with E-state index in [2.05, 4.69) is 15.5 Å². The molecule has 2 heterocycles. The largest absolute Gasteiger partial charge is 0.488 e. The molecule has 1 aromatic carbocycles. The summed E-state index contributed by atoms with van der Waals surface area (Å²) in [6.45, 7) is 4.11. The van der Waals surface area contributed by atoms with E-state index in [-0.39, 0.29) is 5.91 Å². The Morgan fingerprint density at radius 3 is 2.88 bits per heavy atom. The van der Waals surface area contributed by atoms with Gasteiger partial charge >= 0.3 is 0 Å². The van der Waals surface area contributed by atoms with Gasteiger partial charge in [0.1, 0.15) is 12.4 Å². The van der Waals surface area contributed by atoms with Gasteiger partial charge in [-0.15, -0.1) is 11.3 Å². The van der Waals surface area contributed by atoms with Crippen LogP contribution in [0.3, 0.4) is 0 Å². The molecule has 0 radical (unpaired) electrons. The summed E-state index contributed by atoms with van der Waals surface area (Å²) in [6.07, 6.45) is 0. The van der Waals surface area contributed by atoms with Crippen LogP contribution in [0.25, 0.3) is 0 Å². The average molecular weight is 342 g/mol. The summed E-state index contributed by atoms with van der Waals surface area (Å²) in [5.41, 5.74) is 9.74. The molecule has 3 aromatic rings. The third-order valence-electron chi connectivity index (χ3n) is 3.64. The Kier molecular flexibility index (Phi) is 4.52. The molecule has 0 fully saturated rings. The highest BCUT2D eigenvalue weighted by Crippen LogP contribution is 2.25. The van der Waals surface area contributed by atoms with Crippen molar-refractivity contribution in [1.82, 2.24) is 10.2 Å². The van der Waals surface area contributed by atoms with Gasteiger partial charge in [-0.3, -0.25) is 9.89 Å². The highest BCUT2D eigenvalue weighted by atomic mass is 32.1. The molecule has 0 aliphatic heterocycles. The Morgan fingerprint density at radius 2 is 2.21 bits per heavy atom. The molecule has 0 spiro atoms. The van der Waals surface area contributed by atoms with Crippen LogP contribution in [0.4, 0.5) is 11.5 Å². The molecule has 24 heavy (non-hydrogen) atoms. The van der Waals surface area contributed by atoms with Crippen LogP contribution >= 0.6 is 11.3 Å². The predicted octanol–water partition coefficient (Wildman–Crippen LogP) is 3.50. The van der Waals surface area contributed by atoms with Gasteiger partial charge in [-0.2, -0.15) is 5.10 Å². The van der Waals surface area contributed by atoms with Gasteiger partial charge in [-0.25, -0.2) is 0 Å². The first-order valence-corrected chi connectivity index (χ1v) is 8.35. The van der Waals surface area contributed by atoms with Gasteiger partial charge in [0.2, 0.25) is 0 Å². The molecule has 6 nitrogen and oxygen atoms in total. The lowest BCUT2D eigenvalue weighted by Crippen LogP contribution is -2.14. The SMILES string of the molecule is Cc1cc(NC(=O)c2cccc(OCc3cscc3N)c2C)n[nH]1. The number of nitrogens with zero attached hydrogens (tertiary/aromatic N) is 1. The summed E-state index contributed by atoms with van der Waals surface area (Å²) in [5, 5.41) is 13.4. The number of carbonyl (C=O) groups is 1. The van der Waals surface area contributed by atoms with Crippen molar-refractivity contribution in [1.29, 1.82) is 0 Å². The summed E-state index contributed by atoms with van der Waals surface area (Å²) in [6, 6.07) is 7.17. The van der Waals surface area contributed by atoms with Gasteiger partial charge in [0, 0.05) is 39.5 Å². The van der Waals surface area contributed by atoms with Gasteiger partial charge in [-0.05, 0) is 31.4 Å². The summed E-state index contributed by atoms with van der Waals surface area (Å²) >= 11 is 1.54. The molecule has 4 N–H and O–H groups in total. The number of nitrogens with two attached hydrogens (primary N) is 1. The Morgan fingerprint density at radius 1 is 1.38 bits per heavy atom. The maximum Gasteiger partial charge on any atom is 0.257 e. The van der Waals surface area contributed by atoms with E-state index in [1.54, 1.807) is 18.2 Å². The lowest BCUT2D eigenvalue weighted by molar-refractivity contribution is 0.102. The molecule has 2 aromatic heterocycles. The molecular formula is C17H18N4O2S. The van der Waals surface area contributed by atoms with Crippen molar-refractivity contribution in [3.8, 4) is 5.75 Å². The highest BCUT2D eigenvalue weighted by Gasteiger charge is 2.14. The minimum absolute atomic E-state index is 0.223. The van der Waals surface area contributed by atoms with E-state index in [1.165, 1.54) is 11.3 Å². The van der Waals surface area contributed by atoms with E-state index < -0.39 is 0 Å². The van der Waals surface area contributed by atoms with Gasteiger partial charge in [0.05, 0.1) is 0 Å². The number of hydrogen-bond donors (Lipinski definition) is 3. The van der Waals surface area contributed by atoms with Crippen molar-refractivity contribution in [2.75, 3.05) is 11.1 Å². The van der Waals surface area contributed by atoms with E-state index in [4.69, 9.17) is 10.5 Å². The Balaban J connectivity index is 1.75. The second-order valence-electron chi connectivity index (χ2n) is 5.46. The second kappa shape index (κ2) is 6.76. The van der Waals surface area contributed by atoms with Crippen LogP contribution in [-0.4, -0.2) is 16.1 Å². The summed E-state index contributed by atoms with van der Waals surface area (Å²) in [4.78, 5) is 12.4. The molecule has 0 bridgehead atoms. The normalized spacial score (nSPS) is 10.6. The minimum atomic E-state index is -0.223. The topological polar surface area (TPSA) is 93.0 Å². The van der Waals surface area contributed by atoms with Crippen LogP contribution in [0.5, 0.6) is 5.75 Å². The fourth-order valence-corrected chi connectivity index (χ4v) is 3.02. The number of hydrogen-bond acceptors (Lipinski definition) is 5. The van der Waals surface area contributed by atoms with Gasteiger partial charge in [-0.1, -0.05) is 6.07 Å². The van der Waals surface area contributed by atoms with Crippen LogP contribution in [0.2, 0.25) is 0 Å². The van der Waals surface area contributed by atoms with E-state index in [1.807, 2.05) is 30.7 Å². The van der Waals surface area contributed by atoms with Gasteiger partial charge in [0.25, 0.3) is 5.91 Å². The zero-order chi connectivity index (χ0) is 17.1. The van der Waals surface area contributed by atoms with E-state index >= 15 is 0 Å². The lowest BCUT2D eigenvalue weighted by atomic mass is 10.1. The molecule has 0 unspecified atom stereocenters. The number of H-pyrrole nitrogens is 1. The molecule has 0 saturated carbocycles. The third kappa shape index (κ3) is 3.41. The number of anilines is 2. The number of amides is 1. The molecule has 7 heteroatoms. The standard InChI is InChI=1S/C17H18N4O2S/c1-10-6-16(21-20-10)19-17(22)13-4-3-5-15(11(13)2)23-7-12-8-24-9-14(12)18/h3-6,8-9H,7,18H2,1-2H3,(H2,19,20,21,22). The Bertz CT molecular complexity index is 869. The first-order valence-electron chi connectivity index (χ1n) is 7.41. The number of rotatable bonds is 5. The lowest BCUT2D eigenvalue weighted by Gasteiger charge is -2.12. The van der Waals surface area contributed by atoms with Crippen molar-refractivity contribution in [3.63, 3.8) is 0 Å². The van der Waals surface area contributed by atoms with Crippen LogP contribution in [0.1, 0.15) is 27.2 Å². The molecule has 1 amide bonds. The van der Waals surface area contributed by atoms with Gasteiger partial charge in [0.15, 0.2) is 5.82 Å². The first kappa shape index (κ1) is 16.1. The summed E-state index contributed by atoms with van der Waals surface area (Å²) < 4.78 is 5.83. The second-order valence-corrected chi connectivity index (χ2v) is 6.20. The average Bonchev–Trinajstić information content (AvgIpc) is 3.14. The number of aryl methyl sites for hydroxylation is 1. The number of nitrogen functional groups attached to an aromatic ring is 1. The zero-order valence-electron chi connectivity index (χ0n) is 13.4.